The molecule has 3 rings (SSSR count). The topological polar surface area (TPSA) is 51.2 Å². The van der Waals surface area contributed by atoms with E-state index in [1.54, 1.807) is 6.92 Å². The molecule has 0 aliphatic rings. The molecule has 0 atom stereocenters. The maximum absolute atomic E-state index is 13.4. The molecule has 3 aromatic rings. The van der Waals surface area contributed by atoms with Crippen molar-refractivity contribution in [1.82, 2.24) is 4.98 Å². The van der Waals surface area contributed by atoms with E-state index in [1.165, 1.54) is 29.6 Å². The Bertz CT molecular complexity index is 1040. The summed E-state index contributed by atoms with van der Waals surface area (Å²) < 4.78 is 43.3. The predicted molar refractivity (Wildman–Crippen MR) is 103 cm³/mol. The molecule has 28 heavy (non-hydrogen) atoms. The molecule has 4 nitrogen and oxygen atoms in total. The molecule has 1 N–H and O–H groups in total. The number of carbonyl (C=O) groups is 1. The van der Waals surface area contributed by atoms with Gasteiger partial charge in [0.1, 0.15) is 5.82 Å². The van der Waals surface area contributed by atoms with Crippen molar-refractivity contribution in [3.63, 3.8) is 0 Å². The van der Waals surface area contributed by atoms with Crippen molar-refractivity contribution in [3.8, 4) is 17.0 Å². The zero-order valence-electron chi connectivity index (χ0n) is 14.1. The molecule has 10 heteroatoms. The third-order valence-corrected chi connectivity index (χ3v) is 4.92. The lowest BCUT2D eigenvalue weighted by Gasteiger charge is -2.11. The lowest BCUT2D eigenvalue weighted by molar-refractivity contribution is -0.0494. The average molecular weight is 447 g/mol. The molecule has 0 saturated heterocycles. The van der Waals surface area contributed by atoms with Crippen LogP contribution >= 0.6 is 34.5 Å². The second kappa shape index (κ2) is 8.38. The Labute approximate surface area is 171 Å². The van der Waals surface area contributed by atoms with Crippen LogP contribution in [-0.4, -0.2) is 17.5 Å². The predicted octanol–water partition coefficient (Wildman–Crippen LogP) is 6.42. The van der Waals surface area contributed by atoms with Crippen LogP contribution in [0.1, 0.15) is 15.9 Å². The van der Waals surface area contributed by atoms with Gasteiger partial charge in [-0.05, 0) is 36.8 Å². The molecule has 0 aliphatic carbocycles. The summed E-state index contributed by atoms with van der Waals surface area (Å²) in [4.78, 5) is 16.6. The molecule has 0 bridgehead atoms. The molecule has 1 aromatic heterocycles. The number of aryl methyl sites for hydroxylation is 1. The van der Waals surface area contributed by atoms with Gasteiger partial charge in [-0.2, -0.15) is 8.78 Å². The van der Waals surface area contributed by atoms with Crippen LogP contribution in [0.15, 0.2) is 35.7 Å². The number of thiazole rings is 1. The normalized spacial score (nSPS) is 11.0. The second-order valence-corrected chi connectivity index (χ2v) is 7.30. The molecule has 0 radical (unpaired) electrons. The lowest BCUT2D eigenvalue weighted by atomic mass is 10.1. The number of benzene rings is 2. The number of hydrogen-bond donors (Lipinski definition) is 1. The molecule has 146 valence electrons. The number of rotatable bonds is 5. The zero-order valence-corrected chi connectivity index (χ0v) is 16.4. The summed E-state index contributed by atoms with van der Waals surface area (Å²) in [6, 6.07) is 6.50. The van der Waals surface area contributed by atoms with E-state index in [-0.39, 0.29) is 37.7 Å². The van der Waals surface area contributed by atoms with Crippen LogP contribution in [0.25, 0.3) is 11.3 Å². The van der Waals surface area contributed by atoms with Crippen LogP contribution in [0.4, 0.5) is 18.3 Å². The van der Waals surface area contributed by atoms with Crippen LogP contribution in [0.5, 0.6) is 5.75 Å². The average Bonchev–Trinajstić information content (AvgIpc) is 3.07. The van der Waals surface area contributed by atoms with Gasteiger partial charge in [0.25, 0.3) is 5.91 Å². The van der Waals surface area contributed by atoms with Crippen molar-refractivity contribution in [1.29, 1.82) is 0 Å². The van der Waals surface area contributed by atoms with Crippen molar-refractivity contribution in [2.75, 3.05) is 5.32 Å². The number of aromatic nitrogens is 1. The number of hydrogen-bond acceptors (Lipinski definition) is 4. The summed E-state index contributed by atoms with van der Waals surface area (Å²) in [6.45, 7) is -1.42. The van der Waals surface area contributed by atoms with Gasteiger partial charge in [-0.1, -0.05) is 29.3 Å². The molecule has 0 saturated carbocycles. The molecular weight excluding hydrogens is 436 g/mol. The summed E-state index contributed by atoms with van der Waals surface area (Å²) in [7, 11) is 0. The van der Waals surface area contributed by atoms with Crippen LogP contribution in [0.2, 0.25) is 10.0 Å². The van der Waals surface area contributed by atoms with Crippen LogP contribution in [0.3, 0.4) is 0 Å². The number of anilines is 1. The number of carbonyl (C=O) groups excluding carboxylic acids is 1. The highest BCUT2D eigenvalue weighted by Gasteiger charge is 2.19. The molecular formula is C18H11Cl2F3N2O2S. The third kappa shape index (κ3) is 4.57. The summed E-state index contributed by atoms with van der Waals surface area (Å²) >= 11 is 13.0. The Kier molecular flexibility index (Phi) is 6.12. The van der Waals surface area contributed by atoms with Gasteiger partial charge in [0, 0.05) is 21.5 Å². The van der Waals surface area contributed by atoms with E-state index in [4.69, 9.17) is 23.2 Å². The smallest absolute Gasteiger partial charge is 0.387 e. The fourth-order valence-corrected chi connectivity index (χ4v) is 3.66. The van der Waals surface area contributed by atoms with Crippen molar-refractivity contribution in [3.05, 3.63) is 62.7 Å². The van der Waals surface area contributed by atoms with E-state index >= 15 is 0 Å². The summed E-state index contributed by atoms with van der Waals surface area (Å²) in [6.07, 6.45) is 0. The van der Waals surface area contributed by atoms with Gasteiger partial charge < -0.3 is 4.74 Å². The Morgan fingerprint density at radius 3 is 2.71 bits per heavy atom. The van der Waals surface area contributed by atoms with Crippen molar-refractivity contribution in [2.24, 2.45) is 0 Å². The number of alkyl halides is 2. The maximum atomic E-state index is 13.4. The van der Waals surface area contributed by atoms with E-state index in [0.29, 0.717) is 5.56 Å². The van der Waals surface area contributed by atoms with Gasteiger partial charge in [-0.3, -0.25) is 10.1 Å². The molecule has 0 fully saturated rings. The van der Waals surface area contributed by atoms with Crippen LogP contribution in [0, 0.1) is 12.7 Å². The first-order chi connectivity index (χ1) is 13.2. The van der Waals surface area contributed by atoms with E-state index in [9.17, 15) is 18.0 Å². The Morgan fingerprint density at radius 1 is 1.25 bits per heavy atom. The zero-order chi connectivity index (χ0) is 20.4. The number of amides is 1. The number of nitrogens with zero attached hydrogens (tertiary/aromatic N) is 1. The lowest BCUT2D eigenvalue weighted by Crippen LogP contribution is -2.13. The third-order valence-electron chi connectivity index (χ3n) is 3.66. The van der Waals surface area contributed by atoms with Crippen molar-refractivity contribution in [2.45, 2.75) is 13.5 Å². The monoisotopic (exact) mass is 446 g/mol. The van der Waals surface area contributed by atoms with Gasteiger partial charge in [0.2, 0.25) is 0 Å². The van der Waals surface area contributed by atoms with Crippen LogP contribution < -0.4 is 10.1 Å². The molecule has 0 unspecified atom stereocenters. The highest BCUT2D eigenvalue weighted by Crippen LogP contribution is 2.40. The number of nitrogens with one attached hydrogen (secondary N) is 1. The number of halogens is 5. The minimum absolute atomic E-state index is 0.100. The van der Waals surface area contributed by atoms with Crippen molar-refractivity contribution < 1.29 is 22.7 Å². The van der Waals surface area contributed by atoms with E-state index in [1.807, 2.05) is 0 Å². The maximum Gasteiger partial charge on any atom is 0.387 e. The molecule has 1 amide bonds. The van der Waals surface area contributed by atoms with Crippen LogP contribution in [-0.2, 0) is 0 Å². The first-order valence-electron chi connectivity index (χ1n) is 7.72. The minimum Gasteiger partial charge on any atom is -0.433 e. The van der Waals surface area contributed by atoms with E-state index < -0.39 is 18.3 Å². The quantitative estimate of drug-likeness (QED) is 0.491. The van der Waals surface area contributed by atoms with Gasteiger partial charge in [0.05, 0.1) is 10.7 Å². The molecule has 1 heterocycles. The number of ether oxygens (including phenoxy) is 1. The largest absolute Gasteiger partial charge is 0.433 e. The highest BCUT2D eigenvalue weighted by atomic mass is 35.5. The van der Waals surface area contributed by atoms with Gasteiger partial charge in [-0.25, -0.2) is 9.37 Å². The fraction of sp³-hybridized carbons (Fsp3) is 0.111. The van der Waals surface area contributed by atoms with Gasteiger partial charge >= 0.3 is 6.61 Å². The molecule has 0 spiro atoms. The van der Waals surface area contributed by atoms with Crippen molar-refractivity contribution >= 4 is 45.6 Å². The second-order valence-electron chi connectivity index (χ2n) is 5.59. The first-order valence-corrected chi connectivity index (χ1v) is 9.35. The van der Waals surface area contributed by atoms with E-state index in [0.717, 1.165) is 17.4 Å². The summed E-state index contributed by atoms with van der Waals surface area (Å²) in [5, 5.41) is 4.36. The SMILES string of the molecule is Cc1ccc(F)cc1C(=O)Nc1nc(-c2cc(Cl)cc(Cl)c2OC(F)F)cs1. The highest BCUT2D eigenvalue weighted by molar-refractivity contribution is 7.14. The Morgan fingerprint density at radius 2 is 2.00 bits per heavy atom. The van der Waals surface area contributed by atoms with E-state index in [2.05, 4.69) is 15.0 Å². The standard InChI is InChI=1S/C18H11Cl2F3N2O2S/c1-8-2-3-10(21)6-11(8)16(26)25-18-24-14(7-28-18)12-4-9(19)5-13(20)15(12)27-17(22)23/h2-7,17H,1H3,(H,24,25,26). The van der Waals surface area contributed by atoms with Gasteiger partial charge in [0.15, 0.2) is 10.9 Å². The fourth-order valence-electron chi connectivity index (χ4n) is 2.42. The summed E-state index contributed by atoms with van der Waals surface area (Å²) in [5.74, 6) is -1.37. The molecule has 0 aliphatic heterocycles. The molecule has 2 aromatic carbocycles. The Hall–Kier alpha value is -2.29. The Balaban J connectivity index is 1.90. The minimum atomic E-state index is -3.09. The van der Waals surface area contributed by atoms with Gasteiger partial charge in [-0.15, -0.1) is 11.3 Å². The first kappa shape index (κ1) is 20.4. The summed E-state index contributed by atoms with van der Waals surface area (Å²) in [5.41, 5.74) is 1.13.